The Balaban J connectivity index is 2.34. The van der Waals surface area contributed by atoms with Gasteiger partial charge in [0, 0.05) is 5.69 Å². The summed E-state index contributed by atoms with van der Waals surface area (Å²) >= 11 is 0. The molecule has 10 heteroatoms. The molecule has 0 amide bonds. The number of benzene rings is 1. The van der Waals surface area contributed by atoms with Crippen molar-refractivity contribution in [2.45, 2.75) is 18.1 Å². The molecule has 0 bridgehead atoms. The first kappa shape index (κ1) is 14.3. The van der Waals surface area contributed by atoms with Crippen LogP contribution in [0.5, 0.6) is 0 Å². The van der Waals surface area contributed by atoms with E-state index in [-0.39, 0.29) is 11.4 Å². The third-order valence-electron chi connectivity index (χ3n) is 2.31. The SMILES string of the molecule is Cc1nonc1S(=O)(=O)Nc1cccc(C(F)(F)F)c1. The average molecular weight is 307 g/mol. The molecule has 0 fully saturated rings. The van der Waals surface area contributed by atoms with Gasteiger partial charge in [0.2, 0.25) is 5.03 Å². The zero-order valence-electron chi connectivity index (χ0n) is 9.97. The second-order valence-corrected chi connectivity index (χ2v) is 5.44. The van der Waals surface area contributed by atoms with Crippen LogP contribution < -0.4 is 4.72 Å². The lowest BCUT2D eigenvalue weighted by molar-refractivity contribution is -0.137. The lowest BCUT2D eigenvalue weighted by Gasteiger charge is -2.10. The van der Waals surface area contributed by atoms with Crippen LogP contribution in [0.4, 0.5) is 18.9 Å². The fourth-order valence-electron chi connectivity index (χ4n) is 1.43. The first-order chi connectivity index (χ1) is 9.20. The van der Waals surface area contributed by atoms with Crippen molar-refractivity contribution in [2.75, 3.05) is 4.72 Å². The summed E-state index contributed by atoms with van der Waals surface area (Å²) in [6.07, 6.45) is -4.56. The van der Waals surface area contributed by atoms with E-state index in [1.807, 2.05) is 4.72 Å². The zero-order chi connectivity index (χ0) is 15.0. The van der Waals surface area contributed by atoms with E-state index in [0.717, 1.165) is 12.1 Å². The Morgan fingerprint density at radius 1 is 1.25 bits per heavy atom. The second-order valence-electron chi connectivity index (χ2n) is 3.84. The van der Waals surface area contributed by atoms with Gasteiger partial charge in [0.25, 0.3) is 10.0 Å². The molecule has 0 aliphatic heterocycles. The fourth-order valence-corrected chi connectivity index (χ4v) is 2.52. The lowest BCUT2D eigenvalue weighted by Crippen LogP contribution is -2.15. The molecule has 1 N–H and O–H groups in total. The molecule has 108 valence electrons. The highest BCUT2D eigenvalue weighted by molar-refractivity contribution is 7.92. The van der Waals surface area contributed by atoms with Crippen molar-refractivity contribution < 1.29 is 26.2 Å². The van der Waals surface area contributed by atoms with Gasteiger partial charge in [-0.3, -0.25) is 4.72 Å². The number of hydrogen-bond acceptors (Lipinski definition) is 5. The molecule has 0 atom stereocenters. The van der Waals surface area contributed by atoms with E-state index in [9.17, 15) is 21.6 Å². The number of aryl methyl sites for hydroxylation is 1. The number of anilines is 1. The quantitative estimate of drug-likeness (QED) is 0.939. The first-order valence-electron chi connectivity index (χ1n) is 5.19. The van der Waals surface area contributed by atoms with E-state index in [1.54, 1.807) is 0 Å². The van der Waals surface area contributed by atoms with Crippen LogP contribution in [0.15, 0.2) is 33.9 Å². The summed E-state index contributed by atoms with van der Waals surface area (Å²) in [5.74, 6) is 0. The van der Waals surface area contributed by atoms with Crippen molar-refractivity contribution >= 4 is 15.7 Å². The molecule has 0 saturated carbocycles. The monoisotopic (exact) mass is 307 g/mol. The number of alkyl halides is 3. The van der Waals surface area contributed by atoms with Crippen LogP contribution >= 0.6 is 0 Å². The van der Waals surface area contributed by atoms with E-state index in [2.05, 4.69) is 14.9 Å². The van der Waals surface area contributed by atoms with E-state index in [1.165, 1.54) is 13.0 Å². The van der Waals surface area contributed by atoms with E-state index >= 15 is 0 Å². The number of nitrogens with zero attached hydrogens (tertiary/aromatic N) is 2. The van der Waals surface area contributed by atoms with E-state index in [4.69, 9.17) is 0 Å². The van der Waals surface area contributed by atoms with Gasteiger partial charge in [-0.15, -0.1) is 0 Å². The van der Waals surface area contributed by atoms with Gasteiger partial charge >= 0.3 is 6.18 Å². The highest BCUT2D eigenvalue weighted by atomic mass is 32.2. The number of rotatable bonds is 3. The molecule has 1 aromatic heterocycles. The second kappa shape index (κ2) is 4.78. The van der Waals surface area contributed by atoms with Crippen molar-refractivity contribution in [3.05, 3.63) is 35.5 Å². The topological polar surface area (TPSA) is 85.1 Å². The van der Waals surface area contributed by atoms with Crippen molar-refractivity contribution in [2.24, 2.45) is 0 Å². The molecule has 2 rings (SSSR count). The summed E-state index contributed by atoms with van der Waals surface area (Å²) < 4.78 is 67.6. The zero-order valence-corrected chi connectivity index (χ0v) is 10.8. The number of halogens is 3. The minimum atomic E-state index is -4.56. The number of aromatic nitrogens is 2. The summed E-state index contributed by atoms with van der Waals surface area (Å²) in [5, 5.41) is 6.02. The molecule has 0 radical (unpaired) electrons. The standard InChI is InChI=1S/C10H8F3N3O3S/c1-6-9(15-19-14-6)20(17,18)16-8-4-2-3-7(5-8)10(11,12)13/h2-5,16H,1H3. The molecule has 0 aliphatic carbocycles. The maximum atomic E-state index is 12.5. The first-order valence-corrected chi connectivity index (χ1v) is 6.68. The summed E-state index contributed by atoms with van der Waals surface area (Å²) in [4.78, 5) is 0. The number of hydrogen-bond donors (Lipinski definition) is 1. The average Bonchev–Trinajstić information content (AvgIpc) is 2.75. The third kappa shape index (κ3) is 2.90. The van der Waals surface area contributed by atoms with Crippen molar-refractivity contribution in [3.63, 3.8) is 0 Å². The molecule has 0 saturated heterocycles. The molecule has 2 aromatic rings. The fraction of sp³-hybridized carbons (Fsp3) is 0.200. The summed E-state index contributed by atoms with van der Waals surface area (Å²) in [6.45, 7) is 1.34. The Hall–Kier alpha value is -2.10. The van der Waals surface area contributed by atoms with Gasteiger partial charge in [-0.25, -0.2) is 4.63 Å². The van der Waals surface area contributed by atoms with Crippen LogP contribution in [0.2, 0.25) is 0 Å². The molecule has 1 aromatic carbocycles. The highest BCUT2D eigenvalue weighted by Gasteiger charge is 2.31. The van der Waals surface area contributed by atoms with Crippen molar-refractivity contribution in [1.29, 1.82) is 0 Å². The maximum absolute atomic E-state index is 12.5. The number of nitrogens with one attached hydrogen (secondary N) is 1. The molecule has 0 spiro atoms. The maximum Gasteiger partial charge on any atom is 0.416 e. The van der Waals surface area contributed by atoms with Crippen LogP contribution in [-0.2, 0) is 16.2 Å². The molecular weight excluding hydrogens is 299 g/mol. The summed E-state index contributed by atoms with van der Waals surface area (Å²) in [7, 11) is -4.15. The normalized spacial score (nSPS) is 12.4. The van der Waals surface area contributed by atoms with Crippen LogP contribution in [0, 0.1) is 6.92 Å². The molecule has 6 nitrogen and oxygen atoms in total. The van der Waals surface area contributed by atoms with Gasteiger partial charge in [-0.2, -0.15) is 21.6 Å². The summed E-state index contributed by atoms with van der Waals surface area (Å²) in [5.41, 5.74) is -1.19. The van der Waals surface area contributed by atoms with Gasteiger partial charge < -0.3 is 0 Å². The van der Waals surface area contributed by atoms with Gasteiger partial charge in [0.1, 0.15) is 5.69 Å². The Morgan fingerprint density at radius 3 is 2.50 bits per heavy atom. The van der Waals surface area contributed by atoms with Crippen LogP contribution in [0.3, 0.4) is 0 Å². The number of sulfonamides is 1. The molecule has 20 heavy (non-hydrogen) atoms. The van der Waals surface area contributed by atoms with Gasteiger partial charge in [-0.1, -0.05) is 11.2 Å². The third-order valence-corrected chi connectivity index (χ3v) is 3.69. The van der Waals surface area contributed by atoms with Gasteiger partial charge in [0.15, 0.2) is 0 Å². The molecular formula is C10H8F3N3O3S. The Labute approximate surface area is 111 Å². The van der Waals surface area contributed by atoms with Crippen molar-refractivity contribution in [1.82, 2.24) is 10.3 Å². The largest absolute Gasteiger partial charge is 0.416 e. The van der Waals surface area contributed by atoms with Crippen LogP contribution in [-0.4, -0.2) is 18.7 Å². The van der Waals surface area contributed by atoms with Crippen LogP contribution in [0.25, 0.3) is 0 Å². The van der Waals surface area contributed by atoms with Gasteiger partial charge in [0.05, 0.1) is 5.56 Å². The van der Waals surface area contributed by atoms with Crippen molar-refractivity contribution in [3.8, 4) is 0 Å². The predicted octanol–water partition coefficient (Wildman–Crippen LogP) is 2.20. The Kier molecular flexibility index (Phi) is 3.42. The minimum absolute atomic E-state index is 0.00414. The lowest BCUT2D eigenvalue weighted by atomic mass is 10.2. The summed E-state index contributed by atoms with van der Waals surface area (Å²) in [6, 6.07) is 3.80. The predicted molar refractivity (Wildman–Crippen MR) is 61.3 cm³/mol. The highest BCUT2D eigenvalue weighted by Crippen LogP contribution is 2.31. The van der Waals surface area contributed by atoms with E-state index in [0.29, 0.717) is 6.07 Å². The smallest absolute Gasteiger partial charge is 0.278 e. The molecule has 0 unspecified atom stereocenters. The molecule has 0 aliphatic rings. The molecule has 1 heterocycles. The Bertz CT molecular complexity index is 725. The Morgan fingerprint density at radius 2 is 1.95 bits per heavy atom. The van der Waals surface area contributed by atoms with E-state index < -0.39 is 26.8 Å². The van der Waals surface area contributed by atoms with Gasteiger partial charge in [-0.05, 0) is 30.3 Å². The van der Waals surface area contributed by atoms with Crippen LogP contribution in [0.1, 0.15) is 11.3 Å². The minimum Gasteiger partial charge on any atom is -0.278 e.